The summed E-state index contributed by atoms with van der Waals surface area (Å²) in [4.78, 5) is 22.6. The van der Waals surface area contributed by atoms with Crippen molar-refractivity contribution in [2.45, 2.75) is 38.3 Å². The number of alkyl halides is 3. The molecule has 0 atom stereocenters. The van der Waals surface area contributed by atoms with Crippen molar-refractivity contribution in [2.24, 2.45) is 5.92 Å². The van der Waals surface area contributed by atoms with Gasteiger partial charge in [0.2, 0.25) is 5.91 Å². The second kappa shape index (κ2) is 6.81. The summed E-state index contributed by atoms with van der Waals surface area (Å²) < 4.78 is 36.3. The third-order valence-corrected chi connectivity index (χ3v) is 3.63. The van der Waals surface area contributed by atoms with Gasteiger partial charge >= 0.3 is 12.1 Å². The van der Waals surface area contributed by atoms with Gasteiger partial charge in [0.1, 0.15) is 0 Å². The Hall–Kier alpha value is -2.05. The van der Waals surface area contributed by atoms with E-state index >= 15 is 0 Å². The molecule has 4 nitrogen and oxygen atoms in total. The number of nitrogens with one attached hydrogen (secondary N) is 2. The monoisotopic (exact) mass is 314 g/mol. The van der Waals surface area contributed by atoms with Crippen molar-refractivity contribution < 1.29 is 22.8 Å². The van der Waals surface area contributed by atoms with Crippen molar-refractivity contribution in [3.63, 3.8) is 0 Å². The quantitative estimate of drug-likeness (QED) is 0.890. The number of halogens is 3. The number of carbonyl (C=O) groups excluding carboxylic acids is 2. The summed E-state index contributed by atoms with van der Waals surface area (Å²) in [6, 6.07) is 5.54. The normalized spacial score (nSPS) is 15.6. The topological polar surface area (TPSA) is 58.2 Å². The smallest absolute Gasteiger partial charge is 0.326 e. The fourth-order valence-corrected chi connectivity index (χ4v) is 2.53. The lowest BCUT2D eigenvalue weighted by molar-refractivity contribution is -0.167. The van der Waals surface area contributed by atoms with E-state index in [1.807, 2.05) is 0 Å². The molecule has 0 aromatic heterocycles. The number of rotatable bonds is 4. The molecule has 0 spiro atoms. The molecule has 1 aliphatic rings. The molecule has 2 amide bonds. The zero-order valence-electron chi connectivity index (χ0n) is 11.9. The van der Waals surface area contributed by atoms with Gasteiger partial charge < -0.3 is 10.6 Å². The minimum Gasteiger partial charge on any atom is -0.326 e. The minimum absolute atomic E-state index is 0.0242. The van der Waals surface area contributed by atoms with Crippen molar-refractivity contribution in [3.05, 3.63) is 24.3 Å². The molecule has 22 heavy (non-hydrogen) atoms. The van der Waals surface area contributed by atoms with Gasteiger partial charge in [0.05, 0.1) is 0 Å². The van der Waals surface area contributed by atoms with E-state index in [9.17, 15) is 22.8 Å². The third kappa shape index (κ3) is 4.75. The molecular formula is C15H17F3N2O2. The van der Waals surface area contributed by atoms with Crippen LogP contribution in [0.1, 0.15) is 32.1 Å². The second-order valence-corrected chi connectivity index (χ2v) is 5.43. The maximum atomic E-state index is 12.1. The largest absolute Gasteiger partial charge is 0.471 e. The molecule has 1 aromatic carbocycles. The number of hydrogen-bond acceptors (Lipinski definition) is 2. The average Bonchev–Trinajstić information content (AvgIpc) is 2.92. The first-order valence-electron chi connectivity index (χ1n) is 7.12. The maximum absolute atomic E-state index is 12.1. The lowest BCUT2D eigenvalue weighted by Gasteiger charge is -2.11. The summed E-state index contributed by atoms with van der Waals surface area (Å²) >= 11 is 0. The van der Waals surface area contributed by atoms with Crippen molar-refractivity contribution in [1.29, 1.82) is 0 Å². The van der Waals surface area contributed by atoms with Gasteiger partial charge in [-0.15, -0.1) is 0 Å². The van der Waals surface area contributed by atoms with Gasteiger partial charge in [0.25, 0.3) is 0 Å². The van der Waals surface area contributed by atoms with Crippen LogP contribution >= 0.6 is 0 Å². The number of amides is 2. The second-order valence-electron chi connectivity index (χ2n) is 5.43. The van der Waals surface area contributed by atoms with E-state index < -0.39 is 12.1 Å². The van der Waals surface area contributed by atoms with Crippen LogP contribution in [0.15, 0.2) is 24.3 Å². The molecule has 0 unspecified atom stereocenters. The summed E-state index contributed by atoms with van der Waals surface area (Å²) in [6.45, 7) is 0. The van der Waals surface area contributed by atoms with E-state index in [2.05, 4.69) is 5.32 Å². The van der Waals surface area contributed by atoms with E-state index in [1.54, 1.807) is 5.32 Å². The Morgan fingerprint density at radius 2 is 1.50 bits per heavy atom. The summed E-state index contributed by atoms with van der Waals surface area (Å²) in [7, 11) is 0. The van der Waals surface area contributed by atoms with Crippen LogP contribution in [0.5, 0.6) is 0 Å². The molecular weight excluding hydrogens is 297 g/mol. The van der Waals surface area contributed by atoms with Gasteiger partial charge in [-0.05, 0) is 43.0 Å². The predicted octanol–water partition coefficient (Wildman–Crippen LogP) is 3.71. The van der Waals surface area contributed by atoms with Crippen molar-refractivity contribution in [3.8, 4) is 0 Å². The van der Waals surface area contributed by atoms with Crippen LogP contribution in [0.2, 0.25) is 0 Å². The highest BCUT2D eigenvalue weighted by Crippen LogP contribution is 2.28. The molecule has 0 aliphatic heterocycles. The molecule has 1 aliphatic carbocycles. The highest BCUT2D eigenvalue weighted by atomic mass is 19.4. The molecule has 1 saturated carbocycles. The van der Waals surface area contributed by atoms with Crippen LogP contribution in [0.3, 0.4) is 0 Å². The van der Waals surface area contributed by atoms with Crippen LogP contribution in [0.25, 0.3) is 0 Å². The van der Waals surface area contributed by atoms with Crippen LogP contribution in [0, 0.1) is 5.92 Å². The van der Waals surface area contributed by atoms with Crippen molar-refractivity contribution in [1.82, 2.24) is 0 Å². The molecule has 120 valence electrons. The number of anilines is 2. The highest BCUT2D eigenvalue weighted by molar-refractivity contribution is 5.95. The fourth-order valence-electron chi connectivity index (χ4n) is 2.53. The predicted molar refractivity (Wildman–Crippen MR) is 76.3 cm³/mol. The molecule has 0 saturated heterocycles. The summed E-state index contributed by atoms with van der Waals surface area (Å²) in [6.07, 6.45) is -0.0104. The highest BCUT2D eigenvalue weighted by Gasteiger charge is 2.38. The van der Waals surface area contributed by atoms with E-state index in [0.717, 1.165) is 25.7 Å². The van der Waals surface area contributed by atoms with E-state index in [0.29, 0.717) is 18.0 Å². The molecule has 0 bridgehead atoms. The summed E-state index contributed by atoms with van der Waals surface area (Å²) in [5.74, 6) is -1.70. The SMILES string of the molecule is O=C(CC1CCCC1)Nc1ccc(NC(=O)C(F)(F)F)cc1. The van der Waals surface area contributed by atoms with Crippen LogP contribution in [-0.2, 0) is 9.59 Å². The fraction of sp³-hybridized carbons (Fsp3) is 0.467. The van der Waals surface area contributed by atoms with Crippen LogP contribution in [-0.4, -0.2) is 18.0 Å². The Labute approximate surface area is 126 Å². The van der Waals surface area contributed by atoms with Gasteiger partial charge in [0, 0.05) is 17.8 Å². The Balaban J connectivity index is 1.86. The van der Waals surface area contributed by atoms with Gasteiger partial charge in [-0.3, -0.25) is 9.59 Å². The summed E-state index contributed by atoms with van der Waals surface area (Å²) in [5, 5.41) is 4.45. The van der Waals surface area contributed by atoms with E-state index in [4.69, 9.17) is 0 Å². The minimum atomic E-state index is -4.92. The zero-order chi connectivity index (χ0) is 16.2. The number of hydrogen-bond donors (Lipinski definition) is 2. The average molecular weight is 314 g/mol. The summed E-state index contributed by atoms with van der Waals surface area (Å²) in [5.41, 5.74) is 0.518. The Kier molecular flexibility index (Phi) is 5.05. The van der Waals surface area contributed by atoms with Crippen molar-refractivity contribution in [2.75, 3.05) is 10.6 Å². The number of benzene rings is 1. The van der Waals surface area contributed by atoms with Gasteiger partial charge in [-0.1, -0.05) is 12.8 Å². The Morgan fingerprint density at radius 1 is 1.00 bits per heavy atom. The first-order valence-corrected chi connectivity index (χ1v) is 7.12. The third-order valence-electron chi connectivity index (χ3n) is 3.63. The van der Waals surface area contributed by atoms with Gasteiger partial charge in [-0.2, -0.15) is 13.2 Å². The Bertz CT molecular complexity index is 535. The van der Waals surface area contributed by atoms with Crippen LogP contribution in [0.4, 0.5) is 24.5 Å². The van der Waals surface area contributed by atoms with E-state index in [1.165, 1.54) is 24.3 Å². The number of carbonyl (C=O) groups is 2. The first kappa shape index (κ1) is 16.3. The molecule has 1 aromatic rings. The lowest BCUT2D eigenvalue weighted by atomic mass is 10.0. The maximum Gasteiger partial charge on any atom is 0.471 e. The molecule has 0 radical (unpaired) electrons. The van der Waals surface area contributed by atoms with E-state index in [-0.39, 0.29) is 11.6 Å². The molecule has 7 heteroatoms. The zero-order valence-corrected chi connectivity index (χ0v) is 11.9. The van der Waals surface area contributed by atoms with Gasteiger partial charge in [-0.25, -0.2) is 0 Å². The standard InChI is InChI=1S/C15H17F3N2O2/c16-15(17,18)14(22)20-12-7-5-11(6-8-12)19-13(21)9-10-3-1-2-4-10/h5-8,10H,1-4,9H2,(H,19,21)(H,20,22). The molecule has 1 fully saturated rings. The molecule has 2 rings (SSSR count). The molecule has 2 N–H and O–H groups in total. The van der Waals surface area contributed by atoms with Gasteiger partial charge in [0.15, 0.2) is 0 Å². The van der Waals surface area contributed by atoms with Crippen molar-refractivity contribution >= 4 is 23.2 Å². The Morgan fingerprint density at radius 3 is 2.00 bits per heavy atom. The van der Waals surface area contributed by atoms with Crippen LogP contribution < -0.4 is 10.6 Å². The lowest BCUT2D eigenvalue weighted by Crippen LogP contribution is -2.29. The molecule has 0 heterocycles. The first-order chi connectivity index (χ1) is 10.3.